The van der Waals surface area contributed by atoms with Gasteiger partial charge in [-0.25, -0.2) is 0 Å². The number of hydrogen-bond donors (Lipinski definition) is 0. The molecule has 0 N–H and O–H groups in total. The normalized spacial score (nSPS) is 10.4. The van der Waals surface area contributed by atoms with Gasteiger partial charge in [0.15, 0.2) is 18.4 Å². The van der Waals surface area contributed by atoms with Crippen molar-refractivity contribution in [3.8, 4) is 0 Å². The number of hydrogen-bond acceptors (Lipinski definition) is 0. The quantitative estimate of drug-likeness (QED) is 0.719. The SMILES string of the molecule is Cc1cccc[n+]1Cc1ccc(Cl)c(Cl)c1. The Morgan fingerprint density at radius 2 is 1.88 bits per heavy atom. The Morgan fingerprint density at radius 3 is 2.56 bits per heavy atom. The summed E-state index contributed by atoms with van der Waals surface area (Å²) in [5, 5.41) is 1.20. The molecule has 0 aliphatic heterocycles. The van der Waals surface area contributed by atoms with E-state index in [0.717, 1.165) is 12.1 Å². The standard InChI is InChI=1S/C13H12Cl2N/c1-10-4-2-3-7-16(10)9-11-5-6-12(14)13(15)8-11/h2-8H,9H2,1H3/q+1. The van der Waals surface area contributed by atoms with Crippen LogP contribution in [0.25, 0.3) is 0 Å². The van der Waals surface area contributed by atoms with Crippen LogP contribution in [-0.2, 0) is 6.54 Å². The van der Waals surface area contributed by atoms with Gasteiger partial charge < -0.3 is 0 Å². The summed E-state index contributed by atoms with van der Waals surface area (Å²) in [6.45, 7) is 2.89. The van der Waals surface area contributed by atoms with Gasteiger partial charge in [0.2, 0.25) is 0 Å². The van der Waals surface area contributed by atoms with Crippen LogP contribution in [0.1, 0.15) is 11.3 Å². The molecule has 0 aliphatic rings. The van der Waals surface area contributed by atoms with Crippen LogP contribution in [0, 0.1) is 6.92 Å². The van der Waals surface area contributed by atoms with E-state index in [2.05, 4.69) is 23.8 Å². The fraction of sp³-hybridized carbons (Fsp3) is 0.154. The zero-order chi connectivity index (χ0) is 11.5. The summed E-state index contributed by atoms with van der Waals surface area (Å²) in [4.78, 5) is 0. The van der Waals surface area contributed by atoms with Crippen molar-refractivity contribution in [3.63, 3.8) is 0 Å². The van der Waals surface area contributed by atoms with E-state index in [-0.39, 0.29) is 0 Å². The van der Waals surface area contributed by atoms with Crippen LogP contribution < -0.4 is 4.57 Å². The number of rotatable bonds is 2. The predicted molar refractivity (Wildman–Crippen MR) is 66.9 cm³/mol. The fourth-order valence-corrected chi connectivity index (χ4v) is 1.89. The Morgan fingerprint density at radius 1 is 1.06 bits per heavy atom. The highest BCUT2D eigenvalue weighted by atomic mass is 35.5. The van der Waals surface area contributed by atoms with Crippen LogP contribution in [0.4, 0.5) is 0 Å². The molecule has 0 spiro atoms. The Hall–Kier alpha value is -1.05. The summed E-state index contributed by atoms with van der Waals surface area (Å²) in [7, 11) is 0. The number of aryl methyl sites for hydroxylation is 1. The zero-order valence-corrected chi connectivity index (χ0v) is 10.5. The van der Waals surface area contributed by atoms with E-state index in [0.29, 0.717) is 10.0 Å². The second-order valence-corrected chi connectivity index (χ2v) is 4.53. The van der Waals surface area contributed by atoms with Crippen molar-refractivity contribution in [2.75, 3.05) is 0 Å². The van der Waals surface area contributed by atoms with Gasteiger partial charge in [-0.05, 0) is 12.1 Å². The van der Waals surface area contributed by atoms with Crippen molar-refractivity contribution in [1.29, 1.82) is 0 Å². The zero-order valence-electron chi connectivity index (χ0n) is 8.95. The monoisotopic (exact) mass is 252 g/mol. The maximum Gasteiger partial charge on any atom is 0.178 e. The van der Waals surface area contributed by atoms with Crippen LogP contribution in [0.5, 0.6) is 0 Å². The molecule has 0 atom stereocenters. The molecule has 2 aromatic rings. The Kier molecular flexibility index (Phi) is 3.47. The van der Waals surface area contributed by atoms with Gasteiger partial charge in [-0.15, -0.1) is 0 Å². The summed E-state index contributed by atoms with van der Waals surface area (Å²) in [5.74, 6) is 0. The Bertz CT molecular complexity index is 509. The van der Waals surface area contributed by atoms with Crippen molar-refractivity contribution in [1.82, 2.24) is 0 Å². The third-order valence-electron chi connectivity index (χ3n) is 2.50. The lowest BCUT2D eigenvalue weighted by Gasteiger charge is -2.02. The van der Waals surface area contributed by atoms with Gasteiger partial charge in [0.05, 0.1) is 10.0 Å². The van der Waals surface area contributed by atoms with Crippen LogP contribution in [-0.4, -0.2) is 0 Å². The van der Waals surface area contributed by atoms with Crippen LogP contribution in [0.2, 0.25) is 10.0 Å². The molecule has 2 rings (SSSR count). The highest BCUT2D eigenvalue weighted by molar-refractivity contribution is 6.41. The Balaban J connectivity index is 2.28. The van der Waals surface area contributed by atoms with Crippen LogP contribution >= 0.6 is 23.2 Å². The molecule has 0 fully saturated rings. The molecule has 0 radical (unpaired) electrons. The average Bonchev–Trinajstić information content (AvgIpc) is 2.27. The second-order valence-electron chi connectivity index (χ2n) is 3.72. The number of aromatic nitrogens is 1. The first kappa shape index (κ1) is 11.4. The molecule has 0 unspecified atom stereocenters. The highest BCUT2D eigenvalue weighted by Crippen LogP contribution is 2.22. The molecule has 0 aliphatic carbocycles. The molecule has 0 saturated carbocycles. The summed E-state index contributed by atoms with van der Waals surface area (Å²) >= 11 is 11.9. The minimum atomic E-state index is 0.597. The molecule has 1 aromatic heterocycles. The molecule has 82 valence electrons. The van der Waals surface area contributed by atoms with Gasteiger partial charge in [0.25, 0.3) is 0 Å². The maximum absolute atomic E-state index is 5.98. The lowest BCUT2D eigenvalue weighted by atomic mass is 10.2. The third-order valence-corrected chi connectivity index (χ3v) is 3.24. The number of benzene rings is 1. The molecule has 1 aromatic carbocycles. The lowest BCUT2D eigenvalue weighted by molar-refractivity contribution is -0.694. The van der Waals surface area contributed by atoms with Gasteiger partial charge in [-0.2, -0.15) is 4.57 Å². The van der Waals surface area contributed by atoms with Crippen molar-refractivity contribution in [2.24, 2.45) is 0 Å². The van der Waals surface area contributed by atoms with Crippen molar-refractivity contribution < 1.29 is 4.57 Å². The smallest absolute Gasteiger partial charge is 0.178 e. The van der Waals surface area contributed by atoms with Crippen molar-refractivity contribution in [3.05, 3.63) is 63.9 Å². The summed E-state index contributed by atoms with van der Waals surface area (Å²) in [5.41, 5.74) is 2.36. The van der Waals surface area contributed by atoms with E-state index >= 15 is 0 Å². The summed E-state index contributed by atoms with van der Waals surface area (Å²) in [6.07, 6.45) is 2.05. The molecule has 0 amide bonds. The predicted octanol–water partition coefficient (Wildman–Crippen LogP) is 3.64. The molecule has 0 saturated heterocycles. The van der Waals surface area contributed by atoms with Gasteiger partial charge in [0, 0.05) is 24.6 Å². The molecule has 3 heteroatoms. The van der Waals surface area contributed by atoms with E-state index in [9.17, 15) is 0 Å². The topological polar surface area (TPSA) is 3.88 Å². The van der Waals surface area contributed by atoms with E-state index < -0.39 is 0 Å². The average molecular weight is 253 g/mol. The lowest BCUT2D eigenvalue weighted by Crippen LogP contribution is -2.36. The van der Waals surface area contributed by atoms with Crippen LogP contribution in [0.3, 0.4) is 0 Å². The minimum Gasteiger partial charge on any atom is -0.198 e. The third kappa shape index (κ3) is 2.55. The van der Waals surface area contributed by atoms with Gasteiger partial charge in [-0.1, -0.05) is 35.3 Å². The van der Waals surface area contributed by atoms with Gasteiger partial charge in [0.1, 0.15) is 0 Å². The summed E-state index contributed by atoms with van der Waals surface area (Å²) in [6, 6.07) is 11.9. The molecule has 1 heterocycles. The van der Waals surface area contributed by atoms with Crippen LogP contribution in [0.15, 0.2) is 42.6 Å². The van der Waals surface area contributed by atoms with Gasteiger partial charge in [-0.3, -0.25) is 0 Å². The van der Waals surface area contributed by atoms with E-state index in [4.69, 9.17) is 23.2 Å². The highest BCUT2D eigenvalue weighted by Gasteiger charge is 2.07. The largest absolute Gasteiger partial charge is 0.198 e. The molecular weight excluding hydrogens is 241 g/mol. The van der Waals surface area contributed by atoms with E-state index in [1.807, 2.05) is 30.3 Å². The van der Waals surface area contributed by atoms with Crippen molar-refractivity contribution in [2.45, 2.75) is 13.5 Å². The summed E-state index contributed by atoms with van der Waals surface area (Å²) < 4.78 is 2.17. The minimum absolute atomic E-state index is 0.597. The fourth-order valence-electron chi connectivity index (χ4n) is 1.57. The molecule has 1 nitrogen and oxygen atoms in total. The molecule has 0 bridgehead atoms. The first-order chi connectivity index (χ1) is 7.66. The van der Waals surface area contributed by atoms with E-state index in [1.54, 1.807) is 0 Å². The molecule has 16 heavy (non-hydrogen) atoms. The van der Waals surface area contributed by atoms with E-state index in [1.165, 1.54) is 5.69 Å². The second kappa shape index (κ2) is 4.86. The first-order valence-electron chi connectivity index (χ1n) is 5.06. The molecular formula is C13H12Cl2N+. The van der Waals surface area contributed by atoms with Crippen molar-refractivity contribution >= 4 is 23.2 Å². The first-order valence-corrected chi connectivity index (χ1v) is 5.81. The maximum atomic E-state index is 5.98. The van der Waals surface area contributed by atoms with Gasteiger partial charge >= 0.3 is 0 Å². The Labute approximate surface area is 105 Å². The number of pyridine rings is 1. The number of halogens is 2. The number of nitrogens with zero attached hydrogens (tertiary/aromatic N) is 1.